The van der Waals surface area contributed by atoms with Gasteiger partial charge >= 0.3 is 0 Å². The Balaban J connectivity index is 2.84. The minimum atomic E-state index is 0.155. The molecule has 0 bridgehead atoms. The Labute approximate surface area is 131 Å². The van der Waals surface area contributed by atoms with Crippen LogP contribution in [0.2, 0.25) is 0 Å². The molecule has 0 fully saturated rings. The highest BCUT2D eigenvalue weighted by Crippen LogP contribution is 2.44. The Morgan fingerprint density at radius 1 is 1.30 bits per heavy atom. The first kappa shape index (κ1) is 17.6. The number of thiol groups is 1. The zero-order chi connectivity index (χ0) is 15.7. The van der Waals surface area contributed by atoms with Crippen LogP contribution in [0.1, 0.15) is 67.7 Å². The fraction of sp³-hybridized carbons (Fsp3) is 0.684. The van der Waals surface area contributed by atoms with Crippen LogP contribution in [-0.2, 0) is 0 Å². The second-order valence-electron chi connectivity index (χ2n) is 8.16. The third-order valence-electron chi connectivity index (χ3n) is 4.20. The van der Waals surface area contributed by atoms with Crippen LogP contribution in [0.5, 0.6) is 0 Å². The van der Waals surface area contributed by atoms with Crippen molar-refractivity contribution in [2.24, 2.45) is 10.8 Å². The van der Waals surface area contributed by atoms with Gasteiger partial charge in [-0.05, 0) is 53.7 Å². The van der Waals surface area contributed by atoms with Crippen LogP contribution < -0.4 is 0 Å². The van der Waals surface area contributed by atoms with E-state index in [4.69, 9.17) is 12.6 Å². The molecule has 0 saturated heterocycles. The van der Waals surface area contributed by atoms with E-state index < -0.39 is 0 Å². The zero-order valence-corrected chi connectivity index (χ0v) is 15.3. The van der Waals surface area contributed by atoms with Crippen molar-refractivity contribution in [1.82, 2.24) is 0 Å². The summed E-state index contributed by atoms with van der Waals surface area (Å²) >= 11 is 4.92. The summed E-state index contributed by atoms with van der Waals surface area (Å²) < 4.78 is 0. The Morgan fingerprint density at radius 2 is 1.85 bits per heavy atom. The maximum atomic E-state index is 4.92. The predicted molar refractivity (Wildman–Crippen MR) is 95.5 cm³/mol. The fourth-order valence-corrected chi connectivity index (χ4v) is 3.76. The van der Waals surface area contributed by atoms with Gasteiger partial charge in [0.25, 0.3) is 0 Å². The van der Waals surface area contributed by atoms with Crippen LogP contribution in [0.25, 0.3) is 0 Å². The molecule has 0 aliphatic heterocycles. The van der Waals surface area contributed by atoms with Gasteiger partial charge in [0.1, 0.15) is 0 Å². The highest BCUT2D eigenvalue weighted by atomic mass is 32.1. The van der Waals surface area contributed by atoms with Gasteiger partial charge in [0.05, 0.1) is 0 Å². The molecule has 1 aliphatic rings. The van der Waals surface area contributed by atoms with Crippen molar-refractivity contribution >= 4 is 12.6 Å². The van der Waals surface area contributed by atoms with E-state index in [0.717, 1.165) is 19.3 Å². The van der Waals surface area contributed by atoms with Gasteiger partial charge in [-0.1, -0.05) is 59.8 Å². The molecule has 1 atom stereocenters. The van der Waals surface area contributed by atoms with Gasteiger partial charge in [0.15, 0.2) is 0 Å². The first-order valence-corrected chi connectivity index (χ1v) is 8.26. The van der Waals surface area contributed by atoms with E-state index in [2.05, 4.69) is 61.1 Å². The summed E-state index contributed by atoms with van der Waals surface area (Å²) in [7, 11) is 0. The van der Waals surface area contributed by atoms with Crippen molar-refractivity contribution < 1.29 is 0 Å². The molecular weight excluding hydrogens is 260 g/mol. The molecule has 0 aromatic carbocycles. The summed E-state index contributed by atoms with van der Waals surface area (Å²) in [5.41, 5.74) is 6.06. The Morgan fingerprint density at radius 3 is 2.25 bits per heavy atom. The summed E-state index contributed by atoms with van der Waals surface area (Å²) in [5.74, 6) is 0. The number of rotatable bonds is 5. The van der Waals surface area contributed by atoms with Crippen molar-refractivity contribution in [3.05, 3.63) is 34.9 Å². The van der Waals surface area contributed by atoms with Gasteiger partial charge in [0.2, 0.25) is 0 Å². The highest BCUT2D eigenvalue weighted by Gasteiger charge is 2.34. The summed E-state index contributed by atoms with van der Waals surface area (Å²) in [6.07, 6.45) is 5.66. The van der Waals surface area contributed by atoms with E-state index in [-0.39, 0.29) is 10.7 Å². The lowest BCUT2D eigenvalue weighted by Crippen LogP contribution is -2.31. The van der Waals surface area contributed by atoms with E-state index >= 15 is 0 Å². The van der Waals surface area contributed by atoms with Crippen LogP contribution in [-0.4, -0.2) is 5.25 Å². The summed E-state index contributed by atoms with van der Waals surface area (Å²) in [4.78, 5) is 0. The molecule has 0 radical (unpaired) electrons. The van der Waals surface area contributed by atoms with Crippen molar-refractivity contribution in [3.8, 4) is 0 Å². The van der Waals surface area contributed by atoms with Crippen molar-refractivity contribution in [3.63, 3.8) is 0 Å². The molecule has 1 rings (SSSR count). The van der Waals surface area contributed by atoms with E-state index in [1.54, 1.807) is 0 Å². The monoisotopic (exact) mass is 292 g/mol. The van der Waals surface area contributed by atoms with Crippen molar-refractivity contribution in [2.45, 2.75) is 73.0 Å². The number of allylic oxidation sites excluding steroid dienone is 4. The van der Waals surface area contributed by atoms with E-state index in [0.29, 0.717) is 5.41 Å². The molecule has 0 aromatic heterocycles. The second kappa shape index (κ2) is 6.13. The number of hydrogen-bond donors (Lipinski definition) is 1. The maximum absolute atomic E-state index is 4.92. The third-order valence-corrected chi connectivity index (χ3v) is 5.21. The standard InChI is InChI=1S/C19H32S/c1-9-15-11-16(10-13(15)2)14(3)17(20)19(7,8)12-18(4,5)6/h11,17,20H,3,9-10,12H2,1-2,4-8H3. The molecular formula is C19H32S. The van der Waals surface area contributed by atoms with Gasteiger partial charge < -0.3 is 0 Å². The quantitative estimate of drug-likeness (QED) is 0.560. The first-order valence-electron chi connectivity index (χ1n) is 7.74. The lowest BCUT2D eigenvalue weighted by molar-refractivity contribution is 0.218. The van der Waals surface area contributed by atoms with Gasteiger partial charge in [-0.25, -0.2) is 0 Å². The second-order valence-corrected chi connectivity index (χ2v) is 8.68. The summed E-state index contributed by atoms with van der Waals surface area (Å²) in [6.45, 7) is 20.4. The van der Waals surface area contributed by atoms with Crippen LogP contribution in [0.3, 0.4) is 0 Å². The van der Waals surface area contributed by atoms with Crippen LogP contribution in [0.4, 0.5) is 0 Å². The molecule has 0 nitrogen and oxygen atoms in total. The Kier molecular flexibility index (Phi) is 5.40. The van der Waals surface area contributed by atoms with Crippen molar-refractivity contribution in [2.75, 3.05) is 0 Å². The largest absolute Gasteiger partial charge is 0.171 e. The molecule has 0 N–H and O–H groups in total. The van der Waals surface area contributed by atoms with Crippen LogP contribution >= 0.6 is 12.6 Å². The van der Waals surface area contributed by atoms with Crippen LogP contribution in [0, 0.1) is 10.8 Å². The van der Waals surface area contributed by atoms with E-state index in [9.17, 15) is 0 Å². The zero-order valence-electron chi connectivity index (χ0n) is 14.4. The molecule has 1 heteroatoms. The molecule has 0 amide bonds. The van der Waals surface area contributed by atoms with Crippen LogP contribution in [0.15, 0.2) is 34.9 Å². The number of hydrogen-bond acceptors (Lipinski definition) is 1. The molecule has 1 unspecified atom stereocenters. The predicted octanol–water partition coefficient (Wildman–Crippen LogP) is 6.36. The Bertz CT molecular complexity index is 441. The topological polar surface area (TPSA) is 0 Å². The molecule has 0 spiro atoms. The minimum absolute atomic E-state index is 0.155. The maximum Gasteiger partial charge on any atom is 0.0315 e. The van der Waals surface area contributed by atoms with E-state index in [1.165, 1.54) is 22.3 Å². The van der Waals surface area contributed by atoms with Crippen molar-refractivity contribution in [1.29, 1.82) is 0 Å². The smallest absolute Gasteiger partial charge is 0.0315 e. The summed E-state index contributed by atoms with van der Waals surface area (Å²) in [6, 6.07) is 0. The molecule has 1 aliphatic carbocycles. The van der Waals surface area contributed by atoms with Gasteiger partial charge in [-0.2, -0.15) is 12.6 Å². The molecule has 0 saturated carbocycles. The highest BCUT2D eigenvalue weighted by molar-refractivity contribution is 7.81. The average Bonchev–Trinajstić information content (AvgIpc) is 2.65. The van der Waals surface area contributed by atoms with Gasteiger partial charge in [-0.15, -0.1) is 0 Å². The van der Waals surface area contributed by atoms with Gasteiger partial charge in [-0.3, -0.25) is 0 Å². The first-order chi connectivity index (χ1) is 8.98. The molecule has 0 heterocycles. The SMILES string of the molecule is C=C(C1=CC(CC)=C(C)C1)C(S)C(C)(C)CC(C)(C)C. The molecule has 114 valence electrons. The average molecular weight is 293 g/mol. The Hall–Kier alpha value is -0.430. The minimum Gasteiger partial charge on any atom is -0.171 e. The normalized spacial score (nSPS) is 18.3. The lowest BCUT2D eigenvalue weighted by atomic mass is 9.72. The summed E-state index contributed by atoms with van der Waals surface area (Å²) in [5, 5.41) is 0.219. The van der Waals surface area contributed by atoms with Gasteiger partial charge in [0, 0.05) is 5.25 Å². The van der Waals surface area contributed by atoms with E-state index in [1.807, 2.05) is 0 Å². The lowest BCUT2D eigenvalue weighted by Gasteiger charge is -2.38. The molecule has 20 heavy (non-hydrogen) atoms. The fourth-order valence-electron chi connectivity index (χ4n) is 3.50. The molecule has 0 aromatic rings. The third kappa shape index (κ3) is 4.28.